The number of phenols is 3. The normalized spacial score (nSPS) is 10.9. The molecule has 0 bridgehead atoms. The maximum atomic E-state index is 9.59. The minimum atomic E-state index is 0.0698. The Morgan fingerprint density at radius 2 is 1.28 bits per heavy atom. The van der Waals surface area contributed by atoms with Crippen LogP contribution >= 0.6 is 0 Å². The van der Waals surface area contributed by atoms with E-state index < -0.39 is 0 Å². The van der Waals surface area contributed by atoms with Crippen molar-refractivity contribution in [3.8, 4) is 17.2 Å². The predicted molar refractivity (Wildman–Crippen MR) is 71.5 cm³/mol. The third kappa shape index (κ3) is 2.63. The summed E-state index contributed by atoms with van der Waals surface area (Å²) in [5.41, 5.74) is 2.10. The Hall–Kier alpha value is -2.42. The molecule has 3 nitrogen and oxygen atoms in total. The Morgan fingerprint density at radius 1 is 0.778 bits per heavy atom. The maximum Gasteiger partial charge on any atom is 0.122 e. The van der Waals surface area contributed by atoms with E-state index in [0.29, 0.717) is 11.1 Å². The first-order valence-electron chi connectivity index (χ1n) is 5.56. The van der Waals surface area contributed by atoms with Crippen LogP contribution in [0.4, 0.5) is 0 Å². The van der Waals surface area contributed by atoms with E-state index >= 15 is 0 Å². The number of hydrogen-bond acceptors (Lipinski definition) is 3. The van der Waals surface area contributed by atoms with E-state index in [0.717, 1.165) is 5.56 Å². The van der Waals surface area contributed by atoms with Crippen molar-refractivity contribution >= 4 is 12.2 Å². The molecule has 0 amide bonds. The topological polar surface area (TPSA) is 60.7 Å². The molecular weight excluding hydrogens is 228 g/mol. The van der Waals surface area contributed by atoms with Crippen molar-refractivity contribution in [3.05, 3.63) is 53.1 Å². The number of aromatic hydroxyl groups is 3. The van der Waals surface area contributed by atoms with Crippen LogP contribution < -0.4 is 0 Å². The third-order valence-corrected chi connectivity index (χ3v) is 2.74. The minimum absolute atomic E-state index is 0.0698. The Labute approximate surface area is 105 Å². The molecule has 0 atom stereocenters. The van der Waals surface area contributed by atoms with E-state index in [9.17, 15) is 10.2 Å². The van der Waals surface area contributed by atoms with Crippen molar-refractivity contribution in [2.75, 3.05) is 0 Å². The third-order valence-electron chi connectivity index (χ3n) is 2.74. The highest BCUT2D eigenvalue weighted by Crippen LogP contribution is 2.28. The van der Waals surface area contributed by atoms with Gasteiger partial charge in [0.2, 0.25) is 0 Å². The highest BCUT2D eigenvalue weighted by molar-refractivity contribution is 5.71. The van der Waals surface area contributed by atoms with Gasteiger partial charge in [-0.3, -0.25) is 0 Å². The van der Waals surface area contributed by atoms with E-state index in [4.69, 9.17) is 5.11 Å². The molecular formula is C15H14O3. The summed E-state index contributed by atoms with van der Waals surface area (Å²) in [7, 11) is 0. The Bertz CT molecular complexity index is 560. The van der Waals surface area contributed by atoms with Gasteiger partial charge in [0.25, 0.3) is 0 Å². The number of hydrogen-bond donors (Lipinski definition) is 3. The molecule has 2 aromatic carbocycles. The van der Waals surface area contributed by atoms with E-state index in [1.165, 1.54) is 0 Å². The molecule has 0 saturated carbocycles. The molecule has 0 aromatic heterocycles. The summed E-state index contributed by atoms with van der Waals surface area (Å²) in [6, 6.07) is 9.94. The van der Waals surface area contributed by atoms with Crippen LogP contribution in [0.15, 0.2) is 36.4 Å². The van der Waals surface area contributed by atoms with Gasteiger partial charge < -0.3 is 15.3 Å². The maximum absolute atomic E-state index is 9.59. The predicted octanol–water partition coefficient (Wildman–Crippen LogP) is 3.28. The summed E-state index contributed by atoms with van der Waals surface area (Å²) in [5.74, 6) is 0.360. The van der Waals surface area contributed by atoms with Crippen molar-refractivity contribution < 1.29 is 15.3 Å². The molecule has 3 heteroatoms. The number of rotatable bonds is 2. The van der Waals surface area contributed by atoms with Gasteiger partial charge in [0.05, 0.1) is 0 Å². The van der Waals surface area contributed by atoms with Gasteiger partial charge in [-0.25, -0.2) is 0 Å². The molecule has 0 radical (unpaired) electrons. The zero-order valence-electron chi connectivity index (χ0n) is 9.96. The van der Waals surface area contributed by atoms with E-state index in [1.807, 2.05) is 6.08 Å². The molecule has 92 valence electrons. The second-order valence-electron chi connectivity index (χ2n) is 4.11. The summed E-state index contributed by atoms with van der Waals surface area (Å²) >= 11 is 0. The molecule has 18 heavy (non-hydrogen) atoms. The molecule has 2 rings (SSSR count). The Kier molecular flexibility index (Phi) is 3.24. The second kappa shape index (κ2) is 4.84. The molecule has 0 fully saturated rings. The fourth-order valence-corrected chi connectivity index (χ4v) is 1.58. The van der Waals surface area contributed by atoms with Gasteiger partial charge in [-0.2, -0.15) is 0 Å². The Morgan fingerprint density at radius 3 is 1.83 bits per heavy atom. The quantitative estimate of drug-likeness (QED) is 0.708. The highest BCUT2D eigenvalue weighted by Gasteiger charge is 2.03. The van der Waals surface area contributed by atoms with Gasteiger partial charge in [0.15, 0.2) is 0 Å². The molecule has 0 saturated heterocycles. The SMILES string of the molecule is Cc1c(O)cc(C=Cc2ccc(O)cc2)cc1O. The first-order chi connectivity index (χ1) is 8.56. The van der Waals surface area contributed by atoms with Crippen LogP contribution in [0.2, 0.25) is 0 Å². The molecule has 0 aliphatic carbocycles. The van der Waals surface area contributed by atoms with Gasteiger partial charge >= 0.3 is 0 Å². The molecule has 0 aliphatic heterocycles. The monoisotopic (exact) mass is 242 g/mol. The van der Waals surface area contributed by atoms with Crippen molar-refractivity contribution in [1.29, 1.82) is 0 Å². The zero-order valence-corrected chi connectivity index (χ0v) is 9.96. The first kappa shape index (κ1) is 12.0. The average molecular weight is 242 g/mol. The summed E-state index contributed by atoms with van der Waals surface area (Å²) in [4.78, 5) is 0. The smallest absolute Gasteiger partial charge is 0.122 e. The largest absolute Gasteiger partial charge is 0.508 e. The van der Waals surface area contributed by atoms with Crippen molar-refractivity contribution in [2.45, 2.75) is 6.92 Å². The molecule has 0 aliphatic rings. The molecule has 0 heterocycles. The number of benzene rings is 2. The van der Waals surface area contributed by atoms with Gasteiger partial charge in [-0.15, -0.1) is 0 Å². The standard InChI is InChI=1S/C15H14O3/c1-10-14(17)8-12(9-15(10)18)3-2-11-4-6-13(16)7-5-11/h2-9,16-18H,1H3. The fraction of sp³-hybridized carbons (Fsp3) is 0.0667. The summed E-state index contributed by atoms with van der Waals surface area (Å²) in [6.45, 7) is 1.65. The van der Waals surface area contributed by atoms with Crippen molar-refractivity contribution in [2.24, 2.45) is 0 Å². The first-order valence-corrected chi connectivity index (χ1v) is 5.56. The van der Waals surface area contributed by atoms with Crippen LogP contribution in [0, 0.1) is 6.92 Å². The van der Waals surface area contributed by atoms with E-state index in [-0.39, 0.29) is 17.2 Å². The van der Waals surface area contributed by atoms with Gasteiger partial charge in [-0.05, 0) is 42.3 Å². The van der Waals surface area contributed by atoms with E-state index in [1.54, 1.807) is 49.4 Å². The summed E-state index contributed by atoms with van der Waals surface area (Å²) in [6.07, 6.45) is 3.62. The van der Waals surface area contributed by atoms with Crippen LogP contribution in [0.3, 0.4) is 0 Å². The molecule has 0 unspecified atom stereocenters. The number of phenolic OH excluding ortho intramolecular Hbond substituents is 3. The lowest BCUT2D eigenvalue weighted by molar-refractivity contribution is 0.443. The van der Waals surface area contributed by atoms with Crippen molar-refractivity contribution in [1.82, 2.24) is 0 Å². The fourth-order valence-electron chi connectivity index (χ4n) is 1.58. The highest BCUT2D eigenvalue weighted by atomic mass is 16.3. The van der Waals surface area contributed by atoms with Gasteiger partial charge in [0.1, 0.15) is 17.2 Å². The van der Waals surface area contributed by atoms with E-state index in [2.05, 4.69) is 0 Å². The lowest BCUT2D eigenvalue weighted by Crippen LogP contribution is -1.79. The van der Waals surface area contributed by atoms with Crippen LogP contribution in [0.25, 0.3) is 12.2 Å². The van der Waals surface area contributed by atoms with Crippen LogP contribution in [0.1, 0.15) is 16.7 Å². The molecule has 0 spiro atoms. The van der Waals surface area contributed by atoms with Gasteiger partial charge in [-0.1, -0.05) is 24.3 Å². The summed E-state index contributed by atoms with van der Waals surface area (Å²) in [5, 5.41) is 28.3. The summed E-state index contributed by atoms with van der Waals surface area (Å²) < 4.78 is 0. The van der Waals surface area contributed by atoms with Crippen LogP contribution in [-0.4, -0.2) is 15.3 Å². The Balaban J connectivity index is 2.26. The van der Waals surface area contributed by atoms with Crippen LogP contribution in [-0.2, 0) is 0 Å². The van der Waals surface area contributed by atoms with Crippen LogP contribution in [0.5, 0.6) is 17.2 Å². The minimum Gasteiger partial charge on any atom is -0.508 e. The second-order valence-corrected chi connectivity index (χ2v) is 4.11. The zero-order chi connectivity index (χ0) is 13.1. The van der Waals surface area contributed by atoms with Gasteiger partial charge in [0, 0.05) is 5.56 Å². The van der Waals surface area contributed by atoms with Crippen molar-refractivity contribution in [3.63, 3.8) is 0 Å². The lowest BCUT2D eigenvalue weighted by atomic mass is 10.1. The lowest BCUT2D eigenvalue weighted by Gasteiger charge is -2.03. The molecule has 3 N–H and O–H groups in total. The molecule has 2 aromatic rings. The average Bonchev–Trinajstić information content (AvgIpc) is 2.35.